The van der Waals surface area contributed by atoms with E-state index >= 15 is 0 Å². The highest BCUT2D eigenvalue weighted by molar-refractivity contribution is 7.92. The summed E-state index contributed by atoms with van der Waals surface area (Å²) in [5.41, 5.74) is 8.78. The van der Waals surface area contributed by atoms with Crippen LogP contribution in [0.2, 0.25) is 0 Å². The van der Waals surface area contributed by atoms with Crippen LogP contribution < -0.4 is 0 Å². The van der Waals surface area contributed by atoms with Crippen molar-refractivity contribution in [3.8, 4) is 39.2 Å². The molecule has 53 heavy (non-hydrogen) atoms. The average molecular weight is 698 g/mol. The third-order valence-corrected chi connectivity index (χ3v) is 13.1. The molecule has 1 aliphatic heterocycles. The highest BCUT2D eigenvalue weighted by Gasteiger charge is 2.34. The third kappa shape index (κ3) is 4.18. The van der Waals surface area contributed by atoms with Crippen LogP contribution in [0, 0.1) is 6.92 Å². The Morgan fingerprint density at radius 2 is 0.962 bits per heavy atom. The van der Waals surface area contributed by atoms with E-state index in [4.69, 9.17) is 0 Å². The second kappa shape index (κ2) is 11.0. The Kier molecular flexibility index (Phi) is 6.26. The lowest BCUT2D eigenvalue weighted by molar-refractivity contribution is 0.594. The minimum Gasteiger partial charge on any atom is -0.306 e. The normalized spacial score (nSPS) is 13.3. The quantitative estimate of drug-likeness (QED) is 0.136. The fourth-order valence-corrected chi connectivity index (χ4v) is 10.6. The number of rotatable bonds is 3. The van der Waals surface area contributed by atoms with Crippen LogP contribution in [0.5, 0.6) is 0 Å². The summed E-state index contributed by atoms with van der Waals surface area (Å²) in [5.74, 6) is 0. The standard InChI is InChI=1S/C49H31NO2S/c1-30-36-20-11-21-44-49(36)50(48(30)32-13-3-2-4-14-32)43-27-25-35(29-45(43)53(44,51)52)47-41-18-9-7-16-39(41)46(40-17-8-10-19-42(40)47)34-24-26-38-33(28-34)23-22-31-12-5-6-15-37(31)38/h2-29H,1H3. The molecule has 3 nitrogen and oxygen atoms in total. The topological polar surface area (TPSA) is 39.1 Å². The van der Waals surface area contributed by atoms with Gasteiger partial charge in [0.1, 0.15) is 0 Å². The molecule has 0 spiro atoms. The molecule has 250 valence electrons. The minimum atomic E-state index is -3.84. The molecule has 0 radical (unpaired) electrons. The first-order valence-electron chi connectivity index (χ1n) is 17.9. The lowest BCUT2D eigenvalue weighted by Crippen LogP contribution is -2.15. The number of fused-ring (bicyclic) bond motifs is 7. The van der Waals surface area contributed by atoms with Gasteiger partial charge in [-0.25, -0.2) is 8.42 Å². The van der Waals surface area contributed by atoms with Crippen LogP contribution in [-0.4, -0.2) is 13.0 Å². The van der Waals surface area contributed by atoms with Gasteiger partial charge in [-0.1, -0.05) is 146 Å². The molecule has 10 aromatic rings. The molecule has 4 heteroatoms. The van der Waals surface area contributed by atoms with Gasteiger partial charge in [0.05, 0.1) is 26.7 Å². The summed E-state index contributed by atoms with van der Waals surface area (Å²) < 4.78 is 31.5. The molecule has 0 saturated heterocycles. The summed E-state index contributed by atoms with van der Waals surface area (Å²) in [6.45, 7) is 2.09. The van der Waals surface area contributed by atoms with E-state index in [1.54, 1.807) is 6.07 Å². The monoisotopic (exact) mass is 697 g/mol. The van der Waals surface area contributed by atoms with Crippen molar-refractivity contribution in [3.63, 3.8) is 0 Å². The number of aryl methyl sites for hydroxylation is 1. The second-order valence-corrected chi connectivity index (χ2v) is 16.0. The summed E-state index contributed by atoms with van der Waals surface area (Å²) >= 11 is 0. The lowest BCUT2D eigenvalue weighted by atomic mass is 9.85. The first kappa shape index (κ1) is 30.2. The van der Waals surface area contributed by atoms with Crippen molar-refractivity contribution in [2.75, 3.05) is 0 Å². The Hall–Kier alpha value is -6.49. The number of benzene rings is 9. The van der Waals surface area contributed by atoms with Crippen molar-refractivity contribution in [2.45, 2.75) is 16.7 Å². The van der Waals surface area contributed by atoms with Gasteiger partial charge in [0, 0.05) is 5.39 Å². The summed E-state index contributed by atoms with van der Waals surface area (Å²) in [7, 11) is -3.84. The van der Waals surface area contributed by atoms with Crippen LogP contribution in [0.4, 0.5) is 0 Å². The van der Waals surface area contributed by atoms with Crippen LogP contribution in [0.1, 0.15) is 5.56 Å². The molecule has 0 bridgehead atoms. The second-order valence-electron chi connectivity index (χ2n) is 14.1. The average Bonchev–Trinajstić information content (AvgIpc) is 3.51. The Bertz CT molecular complexity index is 3250. The van der Waals surface area contributed by atoms with Crippen LogP contribution in [-0.2, 0) is 9.84 Å². The van der Waals surface area contributed by atoms with Crippen molar-refractivity contribution in [1.82, 2.24) is 4.57 Å². The number of hydrogen-bond donors (Lipinski definition) is 0. The molecule has 0 aliphatic carbocycles. The zero-order valence-electron chi connectivity index (χ0n) is 28.8. The zero-order valence-corrected chi connectivity index (χ0v) is 29.7. The molecule has 9 aromatic carbocycles. The first-order chi connectivity index (χ1) is 26.0. The molecule has 1 aromatic heterocycles. The predicted molar refractivity (Wildman–Crippen MR) is 220 cm³/mol. The first-order valence-corrected chi connectivity index (χ1v) is 19.4. The Labute approximate surface area is 306 Å². The van der Waals surface area contributed by atoms with E-state index in [0.717, 1.165) is 66.0 Å². The van der Waals surface area contributed by atoms with Crippen molar-refractivity contribution in [3.05, 3.63) is 175 Å². The van der Waals surface area contributed by atoms with Crippen molar-refractivity contribution in [1.29, 1.82) is 0 Å². The molecule has 0 fully saturated rings. The summed E-state index contributed by atoms with van der Waals surface area (Å²) in [6, 6.07) is 58.8. The van der Waals surface area contributed by atoms with Crippen LogP contribution in [0.25, 0.3) is 93.2 Å². The predicted octanol–water partition coefficient (Wildman–Crippen LogP) is 12.7. The fraction of sp³-hybridized carbons (Fsp3) is 0.0204. The maximum absolute atomic E-state index is 14.7. The molecule has 0 amide bonds. The van der Waals surface area contributed by atoms with Gasteiger partial charge in [0.25, 0.3) is 0 Å². The third-order valence-electron chi connectivity index (χ3n) is 11.3. The maximum atomic E-state index is 14.7. The van der Waals surface area contributed by atoms with Gasteiger partial charge in [0.2, 0.25) is 9.84 Å². The number of aromatic nitrogens is 1. The molecule has 0 N–H and O–H groups in total. The van der Waals surface area contributed by atoms with E-state index in [2.05, 4.69) is 133 Å². The van der Waals surface area contributed by atoms with Crippen LogP contribution in [0.3, 0.4) is 0 Å². The lowest BCUT2D eigenvalue weighted by Gasteiger charge is -2.24. The van der Waals surface area contributed by atoms with Crippen LogP contribution >= 0.6 is 0 Å². The number of sulfone groups is 1. The molecule has 0 saturated carbocycles. The van der Waals surface area contributed by atoms with Gasteiger partial charge in [0.15, 0.2) is 0 Å². The van der Waals surface area contributed by atoms with Gasteiger partial charge in [-0.15, -0.1) is 0 Å². The Balaban J connectivity index is 1.18. The molecule has 0 unspecified atom stereocenters. The summed E-state index contributed by atoms with van der Waals surface area (Å²) in [6.07, 6.45) is 0. The fourth-order valence-electron chi connectivity index (χ4n) is 8.97. The van der Waals surface area contributed by atoms with Gasteiger partial charge in [-0.2, -0.15) is 0 Å². The van der Waals surface area contributed by atoms with Crippen molar-refractivity contribution < 1.29 is 8.42 Å². The van der Waals surface area contributed by atoms with E-state index in [-0.39, 0.29) is 0 Å². The van der Waals surface area contributed by atoms with Gasteiger partial charge in [-0.3, -0.25) is 0 Å². The van der Waals surface area contributed by atoms with E-state index in [0.29, 0.717) is 15.5 Å². The largest absolute Gasteiger partial charge is 0.306 e. The van der Waals surface area contributed by atoms with Gasteiger partial charge in [-0.05, 0) is 108 Å². The van der Waals surface area contributed by atoms with Gasteiger partial charge < -0.3 is 4.57 Å². The molecular weight excluding hydrogens is 667 g/mol. The highest BCUT2D eigenvalue weighted by atomic mass is 32.2. The smallest absolute Gasteiger partial charge is 0.210 e. The summed E-state index contributed by atoms with van der Waals surface area (Å²) in [4.78, 5) is 0.667. The minimum absolute atomic E-state index is 0.321. The molecule has 11 rings (SSSR count). The highest BCUT2D eigenvalue weighted by Crippen LogP contribution is 2.49. The number of hydrogen-bond acceptors (Lipinski definition) is 2. The van der Waals surface area contributed by atoms with Crippen LogP contribution in [0.15, 0.2) is 180 Å². The molecular formula is C49H31NO2S. The van der Waals surface area contributed by atoms with Crippen molar-refractivity contribution >= 4 is 63.8 Å². The molecule has 1 aliphatic rings. The summed E-state index contributed by atoms with van der Waals surface area (Å²) in [5, 5.41) is 10.3. The zero-order chi connectivity index (χ0) is 35.4. The van der Waals surface area contributed by atoms with Gasteiger partial charge >= 0.3 is 0 Å². The van der Waals surface area contributed by atoms with E-state index in [9.17, 15) is 8.42 Å². The SMILES string of the molecule is Cc1c(-c2ccccc2)n2c3c(cccc13)S(=O)(=O)c1cc(-c3c4ccccc4c(-c4ccc5c(ccc6ccccc65)c4)c4ccccc34)ccc1-2. The Morgan fingerprint density at radius 1 is 0.415 bits per heavy atom. The van der Waals surface area contributed by atoms with E-state index in [1.165, 1.54) is 27.1 Å². The maximum Gasteiger partial charge on any atom is 0.210 e. The van der Waals surface area contributed by atoms with E-state index in [1.807, 2.05) is 42.5 Å². The number of nitrogens with zero attached hydrogens (tertiary/aromatic N) is 1. The molecule has 0 atom stereocenters. The van der Waals surface area contributed by atoms with Crippen molar-refractivity contribution in [2.24, 2.45) is 0 Å². The Morgan fingerprint density at radius 3 is 1.66 bits per heavy atom. The molecule has 2 heterocycles. The van der Waals surface area contributed by atoms with E-state index < -0.39 is 9.84 Å². The number of para-hydroxylation sites is 1.